The molecule has 3 heterocycles. The molecule has 3 aromatic rings. The largest absolute Gasteiger partial charge is 0.508 e. The van der Waals surface area contributed by atoms with Gasteiger partial charge in [0, 0.05) is 24.6 Å². The molecular weight excluding hydrogens is 620 g/mol. The van der Waals surface area contributed by atoms with Gasteiger partial charge in [-0.2, -0.15) is 0 Å². The third-order valence-electron chi connectivity index (χ3n) is 7.55. The molecule has 0 spiro atoms. The van der Waals surface area contributed by atoms with Crippen molar-refractivity contribution in [2.24, 2.45) is 0 Å². The number of carbonyl (C=O) groups excluding carboxylic acids is 1. The molecule has 1 aromatic heterocycles. The summed E-state index contributed by atoms with van der Waals surface area (Å²) in [4.78, 5) is 24.1. The first-order valence-corrected chi connectivity index (χ1v) is 13.9. The van der Waals surface area contributed by atoms with Crippen LogP contribution in [0.5, 0.6) is 23.0 Å². The van der Waals surface area contributed by atoms with E-state index in [2.05, 4.69) is 0 Å². The minimum absolute atomic E-state index is 0.0501. The van der Waals surface area contributed by atoms with Gasteiger partial charge in [0.15, 0.2) is 29.2 Å². The zero-order chi connectivity index (χ0) is 33.4. The van der Waals surface area contributed by atoms with Gasteiger partial charge in [-0.25, -0.2) is 0 Å². The van der Waals surface area contributed by atoms with Crippen molar-refractivity contribution in [1.82, 2.24) is 0 Å². The predicted molar refractivity (Wildman–Crippen MR) is 149 cm³/mol. The maximum absolute atomic E-state index is 12.9. The molecule has 2 aliphatic heterocycles. The molecule has 0 amide bonds. The van der Waals surface area contributed by atoms with Crippen LogP contribution in [0.15, 0.2) is 45.6 Å². The first-order chi connectivity index (χ1) is 21.8. The number of phenols is 3. The topological polar surface area (TPSA) is 275 Å². The first kappa shape index (κ1) is 33.3. The lowest BCUT2D eigenvalue weighted by Gasteiger charge is -2.45. The molecule has 10 atom stereocenters. The van der Waals surface area contributed by atoms with Gasteiger partial charge < -0.3 is 74.1 Å². The van der Waals surface area contributed by atoms with Crippen molar-refractivity contribution in [3.63, 3.8) is 0 Å². The van der Waals surface area contributed by atoms with Crippen LogP contribution in [0.1, 0.15) is 6.92 Å². The van der Waals surface area contributed by atoms with E-state index in [4.69, 9.17) is 28.1 Å². The number of phenolic OH excluding ortho intramolecular Hbond substituents is 3. The van der Waals surface area contributed by atoms with Gasteiger partial charge >= 0.3 is 5.97 Å². The number of carbonyl (C=O) groups is 1. The first-order valence-electron chi connectivity index (χ1n) is 13.9. The van der Waals surface area contributed by atoms with Crippen LogP contribution >= 0.6 is 0 Å². The van der Waals surface area contributed by atoms with Gasteiger partial charge in [-0.15, -0.1) is 0 Å². The number of aliphatic hydroxyl groups excluding tert-OH is 6. The average Bonchev–Trinajstić information content (AvgIpc) is 3.02. The van der Waals surface area contributed by atoms with Gasteiger partial charge in [-0.3, -0.25) is 9.59 Å². The standard InChI is InChI=1S/C29H32O17/c1-10(31)41-9-18-21(36)23(38)25(40)28(45-18)46-27-24(39)20(35)17(8-30)44-29(27)43-16-7-14(34)19-13(33)6-15(42-26(19)22(16)37)11-2-4-12(32)5-3-11/h2-7,17-18,20-21,23-25,27-30,32,34-40H,8-9H2,1H3/t17-,18-,20-,21-,23+,24+,25-,27-,28+,29-/m0/s1. The SMILES string of the molecule is CC(=O)OC[C@@H]1O[C@H](O[C@@H]2[C@@H](Oc3cc(O)c4c(=O)cc(-c5ccc(O)cc5)oc4c3O)O[C@@H](CO)[C@H](O)[C@H]2O)[C@@H](O)[C@H](O)[C@H]1O. The van der Waals surface area contributed by atoms with E-state index in [9.17, 15) is 55.5 Å². The Balaban J connectivity index is 1.49. The van der Waals surface area contributed by atoms with Crippen molar-refractivity contribution in [2.45, 2.75) is 68.3 Å². The summed E-state index contributed by atoms with van der Waals surface area (Å²) in [5, 5.41) is 93.3. The molecule has 2 fully saturated rings. The number of hydrogen-bond donors (Lipinski definition) is 9. The monoisotopic (exact) mass is 652 g/mol. The normalized spacial score (nSPS) is 31.5. The number of ether oxygens (including phenoxy) is 5. The summed E-state index contributed by atoms with van der Waals surface area (Å²) in [6.07, 6.45) is -17.7. The molecule has 2 aromatic carbocycles. The molecule has 46 heavy (non-hydrogen) atoms. The van der Waals surface area contributed by atoms with Crippen molar-refractivity contribution in [2.75, 3.05) is 13.2 Å². The van der Waals surface area contributed by atoms with Crippen molar-refractivity contribution >= 4 is 16.9 Å². The molecule has 5 rings (SSSR count). The fraction of sp³-hybridized carbons (Fsp3) is 0.448. The molecule has 0 aliphatic carbocycles. The van der Waals surface area contributed by atoms with Crippen LogP contribution in [-0.4, -0.2) is 127 Å². The fourth-order valence-corrected chi connectivity index (χ4v) is 5.08. The number of benzene rings is 2. The second-order valence-electron chi connectivity index (χ2n) is 10.7. The van der Waals surface area contributed by atoms with Gasteiger partial charge in [-0.1, -0.05) is 0 Å². The Morgan fingerprint density at radius 1 is 0.848 bits per heavy atom. The highest BCUT2D eigenvalue weighted by Gasteiger charge is 2.51. The number of aliphatic hydroxyl groups is 6. The Bertz CT molecular complexity index is 1610. The van der Waals surface area contributed by atoms with E-state index < -0.39 is 114 Å². The lowest BCUT2D eigenvalue weighted by atomic mass is 9.97. The highest BCUT2D eigenvalue weighted by atomic mass is 16.8. The van der Waals surface area contributed by atoms with Crippen LogP contribution in [-0.2, 0) is 23.7 Å². The van der Waals surface area contributed by atoms with E-state index in [1.807, 2.05) is 0 Å². The Morgan fingerprint density at radius 2 is 1.50 bits per heavy atom. The summed E-state index contributed by atoms with van der Waals surface area (Å²) in [6.45, 7) is -0.298. The van der Waals surface area contributed by atoms with Gasteiger partial charge in [0.25, 0.3) is 0 Å². The Hall–Kier alpha value is -4.04. The van der Waals surface area contributed by atoms with Crippen molar-refractivity contribution in [1.29, 1.82) is 0 Å². The van der Waals surface area contributed by atoms with Crippen LogP contribution in [0.25, 0.3) is 22.3 Å². The third-order valence-corrected chi connectivity index (χ3v) is 7.55. The highest BCUT2D eigenvalue weighted by molar-refractivity contribution is 5.91. The van der Waals surface area contributed by atoms with Crippen LogP contribution in [0.4, 0.5) is 0 Å². The quantitative estimate of drug-likeness (QED) is 0.0954. The maximum atomic E-state index is 12.9. The van der Waals surface area contributed by atoms with Gasteiger partial charge in [0.05, 0.1) is 6.61 Å². The molecule has 2 aliphatic rings. The Labute approximate surface area is 258 Å². The van der Waals surface area contributed by atoms with Crippen LogP contribution < -0.4 is 10.2 Å². The minimum atomic E-state index is -1.95. The van der Waals surface area contributed by atoms with Crippen LogP contribution in [0.3, 0.4) is 0 Å². The third kappa shape index (κ3) is 6.45. The van der Waals surface area contributed by atoms with Crippen molar-refractivity contribution in [3.8, 4) is 34.3 Å². The lowest BCUT2D eigenvalue weighted by molar-refractivity contribution is -0.358. The predicted octanol–water partition coefficient (Wildman–Crippen LogP) is -1.85. The van der Waals surface area contributed by atoms with Crippen molar-refractivity contribution < 1.29 is 78.9 Å². The number of rotatable bonds is 8. The minimum Gasteiger partial charge on any atom is -0.508 e. The number of hydrogen-bond acceptors (Lipinski definition) is 17. The summed E-state index contributed by atoms with van der Waals surface area (Å²) < 4.78 is 33.0. The second-order valence-corrected chi connectivity index (χ2v) is 10.7. The molecule has 0 bridgehead atoms. The molecular formula is C29H32O17. The fourth-order valence-electron chi connectivity index (χ4n) is 5.08. The lowest BCUT2D eigenvalue weighted by Crippen LogP contribution is -2.65. The highest BCUT2D eigenvalue weighted by Crippen LogP contribution is 2.42. The van der Waals surface area contributed by atoms with E-state index >= 15 is 0 Å². The molecule has 17 heteroatoms. The van der Waals surface area contributed by atoms with Crippen molar-refractivity contribution in [3.05, 3.63) is 46.6 Å². The molecule has 17 nitrogen and oxygen atoms in total. The summed E-state index contributed by atoms with van der Waals surface area (Å²) >= 11 is 0. The Kier molecular flexibility index (Phi) is 9.68. The smallest absolute Gasteiger partial charge is 0.302 e. The van der Waals surface area contributed by atoms with E-state index in [1.54, 1.807) is 0 Å². The van der Waals surface area contributed by atoms with E-state index in [0.29, 0.717) is 5.56 Å². The zero-order valence-corrected chi connectivity index (χ0v) is 23.9. The van der Waals surface area contributed by atoms with Crippen LogP contribution in [0, 0.1) is 0 Å². The Morgan fingerprint density at radius 3 is 2.15 bits per heavy atom. The number of esters is 1. The molecule has 2 saturated heterocycles. The number of aromatic hydroxyl groups is 3. The number of fused-ring (bicyclic) bond motifs is 1. The van der Waals surface area contributed by atoms with Gasteiger partial charge in [0.1, 0.15) is 72.0 Å². The summed E-state index contributed by atoms with van der Waals surface area (Å²) in [5.74, 6) is -2.94. The summed E-state index contributed by atoms with van der Waals surface area (Å²) in [5.41, 5.74) is -0.931. The molecule has 250 valence electrons. The van der Waals surface area contributed by atoms with Gasteiger partial charge in [0.2, 0.25) is 12.0 Å². The molecule has 0 radical (unpaired) electrons. The molecule has 9 N–H and O–H groups in total. The average molecular weight is 653 g/mol. The summed E-state index contributed by atoms with van der Waals surface area (Å²) in [6, 6.07) is 7.43. The van der Waals surface area contributed by atoms with E-state index in [0.717, 1.165) is 19.1 Å². The van der Waals surface area contributed by atoms with Gasteiger partial charge in [-0.05, 0) is 24.3 Å². The van der Waals surface area contributed by atoms with E-state index in [1.165, 1.54) is 24.3 Å². The molecule has 0 saturated carbocycles. The zero-order valence-electron chi connectivity index (χ0n) is 23.9. The second kappa shape index (κ2) is 13.4. The van der Waals surface area contributed by atoms with Crippen LogP contribution in [0.2, 0.25) is 0 Å². The summed E-state index contributed by atoms with van der Waals surface area (Å²) in [7, 11) is 0. The molecule has 0 unspecified atom stereocenters. The van der Waals surface area contributed by atoms with E-state index in [-0.39, 0.29) is 11.5 Å². The maximum Gasteiger partial charge on any atom is 0.302 e.